The molecule has 3 rings (SSSR count). The number of hydrogen-bond donors (Lipinski definition) is 3. The summed E-state index contributed by atoms with van der Waals surface area (Å²) in [5, 5.41) is 2.40. The van der Waals surface area contributed by atoms with Gasteiger partial charge < -0.3 is 29.3 Å². The van der Waals surface area contributed by atoms with E-state index in [-0.39, 0.29) is 0 Å². The maximum atomic E-state index is 5.72. The molecule has 6 heteroatoms. The molecule has 0 aliphatic carbocycles. The van der Waals surface area contributed by atoms with E-state index in [0.717, 1.165) is 24.6 Å². The quantitative estimate of drug-likeness (QED) is 0.557. The van der Waals surface area contributed by atoms with Crippen LogP contribution in [0, 0.1) is 0 Å². The van der Waals surface area contributed by atoms with Crippen LogP contribution < -0.4 is 29.3 Å². The van der Waals surface area contributed by atoms with Crippen LogP contribution in [0.3, 0.4) is 0 Å². The SMILES string of the molecule is CCC[NH+]1CC[NH+]([C@H]2C[NH2+]Cc3c2cc(OC)c(OC)c3OC)CC1. The van der Waals surface area contributed by atoms with Gasteiger partial charge in [-0.25, -0.2) is 0 Å². The lowest BCUT2D eigenvalue weighted by Crippen LogP contribution is -3.29. The molecule has 1 fully saturated rings. The summed E-state index contributed by atoms with van der Waals surface area (Å²) in [4.78, 5) is 3.46. The zero-order valence-electron chi connectivity index (χ0n) is 16.1. The summed E-state index contributed by atoms with van der Waals surface area (Å²) in [5.74, 6) is 2.33. The third kappa shape index (κ3) is 3.57. The van der Waals surface area contributed by atoms with Crippen LogP contribution in [0.2, 0.25) is 0 Å². The topological polar surface area (TPSA) is 53.2 Å². The number of methoxy groups -OCH3 is 3. The third-order valence-corrected chi connectivity index (χ3v) is 5.79. The number of rotatable bonds is 6. The molecule has 2 aliphatic rings. The van der Waals surface area contributed by atoms with Crippen LogP contribution in [0.1, 0.15) is 30.5 Å². The molecule has 0 aromatic heterocycles. The molecule has 6 nitrogen and oxygen atoms in total. The number of hydrogen-bond acceptors (Lipinski definition) is 3. The molecule has 0 bridgehead atoms. The molecule has 2 heterocycles. The van der Waals surface area contributed by atoms with E-state index < -0.39 is 0 Å². The van der Waals surface area contributed by atoms with E-state index in [1.54, 1.807) is 31.1 Å². The van der Waals surface area contributed by atoms with Crippen molar-refractivity contribution in [3.05, 3.63) is 17.2 Å². The molecule has 0 amide bonds. The van der Waals surface area contributed by atoms with Gasteiger partial charge in [0.25, 0.3) is 0 Å². The van der Waals surface area contributed by atoms with Crippen LogP contribution in [0.5, 0.6) is 17.2 Å². The Bertz CT molecular complexity index is 586. The lowest BCUT2D eigenvalue weighted by molar-refractivity contribution is -1.03. The van der Waals surface area contributed by atoms with Crippen LogP contribution in [-0.2, 0) is 6.54 Å². The smallest absolute Gasteiger partial charge is 0.203 e. The standard InChI is InChI=1S/C19H31N3O3/c1-5-6-21-7-9-22(10-8-21)16-13-20-12-15-14(16)11-17(23-2)19(25-4)18(15)24-3/h11,16,20H,5-10,12-13H2,1-4H3/p+3/t16-/m0/s1. The fourth-order valence-electron chi connectivity index (χ4n) is 4.54. The van der Waals surface area contributed by atoms with Gasteiger partial charge in [0.1, 0.15) is 39.3 Å². The number of ether oxygens (including phenoxy) is 3. The monoisotopic (exact) mass is 352 g/mol. The number of piperazine rings is 1. The minimum absolute atomic E-state index is 0.501. The lowest BCUT2D eigenvalue weighted by Gasteiger charge is -2.36. The second-order valence-corrected chi connectivity index (χ2v) is 7.15. The number of benzene rings is 1. The third-order valence-electron chi connectivity index (χ3n) is 5.79. The summed E-state index contributed by atoms with van der Waals surface area (Å²) >= 11 is 0. The average molecular weight is 352 g/mol. The summed E-state index contributed by atoms with van der Waals surface area (Å²) in [6, 6.07) is 2.69. The van der Waals surface area contributed by atoms with E-state index in [0.29, 0.717) is 11.8 Å². The van der Waals surface area contributed by atoms with Crippen molar-refractivity contribution in [2.45, 2.75) is 25.9 Å². The molecule has 1 saturated heterocycles. The highest BCUT2D eigenvalue weighted by Crippen LogP contribution is 2.43. The Hall–Kier alpha value is -1.50. The van der Waals surface area contributed by atoms with Crippen LogP contribution in [0.15, 0.2) is 6.07 Å². The molecular weight excluding hydrogens is 318 g/mol. The zero-order valence-corrected chi connectivity index (χ0v) is 16.1. The molecule has 4 N–H and O–H groups in total. The average Bonchev–Trinajstić information content (AvgIpc) is 2.66. The van der Waals surface area contributed by atoms with E-state index in [2.05, 4.69) is 18.3 Å². The minimum Gasteiger partial charge on any atom is -0.493 e. The first-order valence-electron chi connectivity index (χ1n) is 9.54. The van der Waals surface area contributed by atoms with Crippen LogP contribution >= 0.6 is 0 Å². The fraction of sp³-hybridized carbons (Fsp3) is 0.684. The van der Waals surface area contributed by atoms with Gasteiger partial charge >= 0.3 is 0 Å². The molecule has 0 spiro atoms. The van der Waals surface area contributed by atoms with E-state index in [4.69, 9.17) is 14.2 Å². The van der Waals surface area contributed by atoms with Crippen molar-refractivity contribution >= 4 is 0 Å². The summed E-state index contributed by atoms with van der Waals surface area (Å²) < 4.78 is 16.9. The summed E-state index contributed by atoms with van der Waals surface area (Å²) in [6.45, 7) is 10.7. The summed E-state index contributed by atoms with van der Waals surface area (Å²) in [7, 11) is 5.10. The molecule has 25 heavy (non-hydrogen) atoms. The Morgan fingerprint density at radius 1 is 1.04 bits per heavy atom. The van der Waals surface area contributed by atoms with Crippen molar-refractivity contribution in [3.63, 3.8) is 0 Å². The largest absolute Gasteiger partial charge is 0.493 e. The van der Waals surface area contributed by atoms with Crippen molar-refractivity contribution < 1.29 is 29.3 Å². The van der Waals surface area contributed by atoms with Gasteiger partial charge in [-0.15, -0.1) is 0 Å². The first kappa shape index (κ1) is 18.3. The molecule has 1 aromatic rings. The second kappa shape index (κ2) is 8.25. The number of nitrogens with one attached hydrogen (secondary N) is 2. The predicted molar refractivity (Wildman–Crippen MR) is 95.9 cm³/mol. The van der Waals surface area contributed by atoms with Gasteiger partial charge in [0.2, 0.25) is 5.75 Å². The molecular formula is C19H34N3O3+3. The predicted octanol–water partition coefficient (Wildman–Crippen LogP) is -1.98. The van der Waals surface area contributed by atoms with Crippen LogP contribution in [0.25, 0.3) is 0 Å². The summed E-state index contributed by atoms with van der Waals surface area (Å²) in [5.41, 5.74) is 2.65. The zero-order chi connectivity index (χ0) is 17.8. The molecule has 0 radical (unpaired) electrons. The number of fused-ring (bicyclic) bond motifs is 1. The lowest BCUT2D eigenvalue weighted by atomic mass is 9.93. The first-order valence-corrected chi connectivity index (χ1v) is 9.54. The normalized spacial score (nSPS) is 26.0. The van der Waals surface area contributed by atoms with Crippen molar-refractivity contribution in [1.29, 1.82) is 0 Å². The Labute approximate surface area is 151 Å². The highest BCUT2D eigenvalue weighted by molar-refractivity contribution is 5.59. The molecule has 1 atom stereocenters. The van der Waals surface area contributed by atoms with Gasteiger partial charge in [-0.1, -0.05) is 6.92 Å². The minimum atomic E-state index is 0.501. The summed E-state index contributed by atoms with van der Waals surface area (Å²) in [6.07, 6.45) is 1.28. The van der Waals surface area contributed by atoms with Gasteiger partial charge in [-0.2, -0.15) is 0 Å². The van der Waals surface area contributed by atoms with Crippen molar-refractivity contribution in [2.75, 3.05) is 60.6 Å². The van der Waals surface area contributed by atoms with E-state index in [9.17, 15) is 0 Å². The van der Waals surface area contributed by atoms with Gasteiger partial charge in [-0.3, -0.25) is 0 Å². The van der Waals surface area contributed by atoms with Crippen LogP contribution in [0.4, 0.5) is 0 Å². The molecule has 1 aromatic carbocycles. The molecule has 140 valence electrons. The second-order valence-electron chi connectivity index (χ2n) is 7.15. The maximum Gasteiger partial charge on any atom is 0.203 e. The van der Waals surface area contributed by atoms with Crippen molar-refractivity contribution in [2.24, 2.45) is 0 Å². The Balaban J connectivity index is 1.89. The van der Waals surface area contributed by atoms with Crippen molar-refractivity contribution in [3.8, 4) is 17.2 Å². The fourth-order valence-corrected chi connectivity index (χ4v) is 4.54. The van der Waals surface area contributed by atoms with E-state index in [1.165, 1.54) is 50.3 Å². The van der Waals surface area contributed by atoms with Gasteiger partial charge in [0.15, 0.2) is 17.5 Å². The van der Waals surface area contributed by atoms with E-state index in [1.807, 2.05) is 0 Å². The number of quaternary nitrogens is 3. The molecule has 2 aliphatic heterocycles. The first-order chi connectivity index (χ1) is 12.2. The van der Waals surface area contributed by atoms with Gasteiger partial charge in [0.05, 0.1) is 33.4 Å². The highest BCUT2D eigenvalue weighted by Gasteiger charge is 2.38. The molecule has 0 saturated carbocycles. The maximum absolute atomic E-state index is 5.72. The van der Waals surface area contributed by atoms with Gasteiger partial charge in [-0.05, 0) is 12.5 Å². The van der Waals surface area contributed by atoms with Crippen LogP contribution in [-0.4, -0.2) is 60.6 Å². The Morgan fingerprint density at radius 2 is 1.76 bits per heavy atom. The van der Waals surface area contributed by atoms with Gasteiger partial charge in [0, 0.05) is 5.56 Å². The Kier molecular flexibility index (Phi) is 6.04. The number of nitrogens with two attached hydrogens (primary N) is 1. The van der Waals surface area contributed by atoms with Crippen molar-refractivity contribution in [1.82, 2.24) is 0 Å². The highest BCUT2D eigenvalue weighted by atomic mass is 16.5. The Morgan fingerprint density at radius 3 is 2.36 bits per heavy atom. The molecule has 0 unspecified atom stereocenters. The van der Waals surface area contributed by atoms with E-state index >= 15 is 0 Å².